The Morgan fingerprint density at radius 1 is 1.82 bits per heavy atom. The Morgan fingerprint density at radius 2 is 2.55 bits per heavy atom. The maximum Gasteiger partial charge on any atom is 0.168 e. The van der Waals surface area contributed by atoms with Gasteiger partial charge in [0.2, 0.25) is 0 Å². The highest BCUT2D eigenvalue weighted by Crippen LogP contribution is 1.93. The Bertz CT molecular complexity index is 279. The number of carbonyl (C=O) groups excluding carboxylic acids is 2. The minimum atomic E-state index is -1.24. The summed E-state index contributed by atoms with van der Waals surface area (Å²) in [5.74, 6) is -1.24. The maximum absolute atomic E-state index is 10.2. The second-order valence-electron chi connectivity index (χ2n) is 1.94. The third-order valence-corrected chi connectivity index (χ3v) is 1.16. The van der Waals surface area contributed by atoms with Crippen molar-refractivity contribution in [2.24, 2.45) is 0 Å². The third-order valence-electron chi connectivity index (χ3n) is 1.16. The van der Waals surface area contributed by atoms with Crippen molar-refractivity contribution in [3.05, 3.63) is 18.2 Å². The fourth-order valence-electron chi connectivity index (χ4n) is 0.700. The van der Waals surface area contributed by atoms with Gasteiger partial charge < -0.3 is 14.5 Å². The summed E-state index contributed by atoms with van der Waals surface area (Å²) in [5.41, 5.74) is 0.231. The van der Waals surface area contributed by atoms with Crippen molar-refractivity contribution in [3.63, 3.8) is 0 Å². The van der Waals surface area contributed by atoms with E-state index in [2.05, 4.69) is 4.98 Å². The first kappa shape index (κ1) is 7.46. The van der Waals surface area contributed by atoms with E-state index in [1.807, 2.05) is 0 Å². The first-order chi connectivity index (χ1) is 5.24. The second-order valence-corrected chi connectivity index (χ2v) is 1.94. The lowest BCUT2D eigenvalue weighted by atomic mass is 10.5. The molecule has 0 fully saturated rings. The highest BCUT2D eigenvalue weighted by molar-refractivity contribution is 5.73. The quantitative estimate of drug-likeness (QED) is 0.492. The molecule has 0 spiro atoms. The number of carbonyl (C=O) groups is 2. The molecule has 0 unspecified atom stereocenters. The molecule has 0 aliphatic carbocycles. The number of aromatic nitrogens is 2. The zero-order valence-electron chi connectivity index (χ0n) is 5.56. The van der Waals surface area contributed by atoms with E-state index in [9.17, 15) is 14.7 Å². The van der Waals surface area contributed by atoms with Crippen LogP contribution in [0.25, 0.3) is 0 Å². The minimum Gasteiger partial charge on any atom is -0.548 e. The minimum absolute atomic E-state index is 0.231. The monoisotopic (exact) mass is 153 g/mol. The van der Waals surface area contributed by atoms with E-state index in [0.29, 0.717) is 6.29 Å². The fourth-order valence-corrected chi connectivity index (χ4v) is 0.700. The molecule has 0 atom stereocenters. The molecule has 0 radical (unpaired) electrons. The second kappa shape index (κ2) is 2.96. The van der Waals surface area contributed by atoms with E-state index >= 15 is 0 Å². The third kappa shape index (κ3) is 1.64. The van der Waals surface area contributed by atoms with Crippen LogP contribution in [0.3, 0.4) is 0 Å². The number of carboxylic acids is 1. The first-order valence-corrected chi connectivity index (χ1v) is 2.89. The van der Waals surface area contributed by atoms with E-state index in [0.717, 1.165) is 0 Å². The lowest BCUT2D eigenvalue weighted by Gasteiger charge is -2.03. The van der Waals surface area contributed by atoms with Gasteiger partial charge in [0.05, 0.1) is 25.0 Å². The molecule has 0 aliphatic rings. The van der Waals surface area contributed by atoms with Gasteiger partial charge >= 0.3 is 0 Å². The lowest BCUT2D eigenvalue weighted by molar-refractivity contribution is -0.306. The first-order valence-electron chi connectivity index (χ1n) is 2.89. The highest BCUT2D eigenvalue weighted by Gasteiger charge is 1.98. The van der Waals surface area contributed by atoms with Crippen molar-refractivity contribution >= 4 is 12.3 Å². The van der Waals surface area contributed by atoms with Crippen molar-refractivity contribution in [3.8, 4) is 0 Å². The summed E-state index contributed by atoms with van der Waals surface area (Å²) in [6.45, 7) is -0.339. The Labute approximate surface area is 62.3 Å². The van der Waals surface area contributed by atoms with Crippen LogP contribution in [-0.2, 0) is 11.3 Å². The predicted molar refractivity (Wildman–Crippen MR) is 32.6 cm³/mol. The summed E-state index contributed by atoms with van der Waals surface area (Å²) in [7, 11) is 0. The number of aldehydes is 1. The average Bonchev–Trinajstić information content (AvgIpc) is 2.34. The van der Waals surface area contributed by atoms with Crippen LogP contribution < -0.4 is 5.11 Å². The summed E-state index contributed by atoms with van der Waals surface area (Å²) in [6, 6.07) is 0. The molecule has 0 aromatic carbocycles. The number of rotatable bonds is 3. The van der Waals surface area contributed by atoms with Crippen LogP contribution in [0.15, 0.2) is 12.5 Å². The maximum atomic E-state index is 10.2. The number of carboxylic acid groups (broad SMARTS) is 1. The molecule has 0 saturated heterocycles. The van der Waals surface area contributed by atoms with E-state index in [-0.39, 0.29) is 12.2 Å². The molecule has 0 N–H and O–H groups in total. The summed E-state index contributed by atoms with van der Waals surface area (Å²) < 4.78 is 1.20. The standard InChI is InChI=1S/C6H6N2O3/c9-3-5-1-7-4-8(5)2-6(10)11/h1,3-4H,2H2,(H,10,11)/p-1. The topological polar surface area (TPSA) is 75.0 Å². The van der Waals surface area contributed by atoms with Crippen molar-refractivity contribution in [1.82, 2.24) is 9.55 Å². The van der Waals surface area contributed by atoms with E-state index in [1.54, 1.807) is 0 Å². The van der Waals surface area contributed by atoms with E-state index in [1.165, 1.54) is 17.1 Å². The summed E-state index contributed by atoms with van der Waals surface area (Å²) in [6.07, 6.45) is 3.09. The summed E-state index contributed by atoms with van der Waals surface area (Å²) >= 11 is 0. The Morgan fingerprint density at radius 3 is 3.09 bits per heavy atom. The number of hydrogen-bond acceptors (Lipinski definition) is 4. The largest absolute Gasteiger partial charge is 0.548 e. The van der Waals surface area contributed by atoms with Gasteiger partial charge in [0.1, 0.15) is 5.69 Å². The summed E-state index contributed by atoms with van der Waals surface area (Å²) in [5, 5.41) is 10.1. The Balaban J connectivity index is 2.84. The smallest absolute Gasteiger partial charge is 0.168 e. The van der Waals surface area contributed by atoms with E-state index < -0.39 is 5.97 Å². The molecule has 0 amide bonds. The molecule has 58 valence electrons. The van der Waals surface area contributed by atoms with Crippen LogP contribution in [0.5, 0.6) is 0 Å². The van der Waals surface area contributed by atoms with Gasteiger partial charge in [0, 0.05) is 0 Å². The van der Waals surface area contributed by atoms with Crippen molar-refractivity contribution in [2.75, 3.05) is 0 Å². The molecule has 1 aromatic rings. The van der Waals surface area contributed by atoms with E-state index in [4.69, 9.17) is 0 Å². The van der Waals surface area contributed by atoms with Crippen LogP contribution in [0, 0.1) is 0 Å². The lowest BCUT2D eigenvalue weighted by Crippen LogP contribution is -2.27. The van der Waals surface area contributed by atoms with Gasteiger partial charge in [-0.05, 0) is 0 Å². The van der Waals surface area contributed by atoms with Crippen molar-refractivity contribution < 1.29 is 14.7 Å². The molecule has 5 heteroatoms. The molecular formula is C6H5N2O3-. The van der Waals surface area contributed by atoms with Crippen LogP contribution >= 0.6 is 0 Å². The molecule has 5 nitrogen and oxygen atoms in total. The van der Waals surface area contributed by atoms with Gasteiger partial charge in [-0.2, -0.15) is 0 Å². The van der Waals surface area contributed by atoms with Gasteiger partial charge in [-0.15, -0.1) is 0 Å². The number of hydrogen-bond donors (Lipinski definition) is 0. The molecule has 0 bridgehead atoms. The molecule has 1 aromatic heterocycles. The number of imidazole rings is 1. The fraction of sp³-hybridized carbons (Fsp3) is 0.167. The highest BCUT2D eigenvalue weighted by atomic mass is 16.4. The van der Waals surface area contributed by atoms with Gasteiger partial charge in [-0.1, -0.05) is 0 Å². The molecule has 0 aliphatic heterocycles. The Hall–Kier alpha value is -1.65. The van der Waals surface area contributed by atoms with Crippen molar-refractivity contribution in [2.45, 2.75) is 6.54 Å². The van der Waals surface area contributed by atoms with Crippen LogP contribution in [0.4, 0.5) is 0 Å². The zero-order valence-corrected chi connectivity index (χ0v) is 5.56. The van der Waals surface area contributed by atoms with Gasteiger partial charge in [0.15, 0.2) is 6.29 Å². The SMILES string of the molecule is O=Cc1cncn1CC(=O)[O-]. The molecule has 11 heavy (non-hydrogen) atoms. The molecule has 1 rings (SSSR count). The normalized spacial score (nSPS) is 9.45. The van der Waals surface area contributed by atoms with Crippen molar-refractivity contribution in [1.29, 1.82) is 0 Å². The molecule has 1 heterocycles. The zero-order chi connectivity index (χ0) is 8.27. The predicted octanol–water partition coefficient (Wildman–Crippen LogP) is -1.55. The van der Waals surface area contributed by atoms with Crippen LogP contribution in [0.2, 0.25) is 0 Å². The van der Waals surface area contributed by atoms with Crippen LogP contribution in [0.1, 0.15) is 10.5 Å². The van der Waals surface area contributed by atoms with Gasteiger partial charge in [0.25, 0.3) is 0 Å². The average molecular weight is 153 g/mol. The number of aliphatic carboxylic acids is 1. The molecular weight excluding hydrogens is 148 g/mol. The van der Waals surface area contributed by atoms with Gasteiger partial charge in [-0.25, -0.2) is 4.98 Å². The Kier molecular flexibility index (Phi) is 2.00. The van der Waals surface area contributed by atoms with Gasteiger partial charge in [-0.3, -0.25) is 4.79 Å². The molecule has 0 saturated carbocycles. The van der Waals surface area contributed by atoms with Crippen LogP contribution in [-0.4, -0.2) is 21.8 Å². The summed E-state index contributed by atoms with van der Waals surface area (Å²) in [4.78, 5) is 23.8. The number of nitrogens with zero attached hydrogens (tertiary/aromatic N) is 2.